The van der Waals surface area contributed by atoms with Crippen LogP contribution in [0.15, 0.2) is 12.5 Å². The first-order valence-electron chi connectivity index (χ1n) is 9.72. The third-order valence-corrected chi connectivity index (χ3v) is 7.91. The lowest BCUT2D eigenvalue weighted by molar-refractivity contribution is -0.141. The first-order chi connectivity index (χ1) is 13.0. The summed E-state index contributed by atoms with van der Waals surface area (Å²) >= 11 is 0. The molecule has 150 valence electrons. The molecule has 0 N–H and O–H groups in total. The lowest BCUT2D eigenvalue weighted by Crippen LogP contribution is -2.60. The predicted molar refractivity (Wildman–Crippen MR) is 100.0 cm³/mol. The zero-order chi connectivity index (χ0) is 19.0. The maximum absolute atomic E-state index is 12.4. The Balaban J connectivity index is 1.53. The Morgan fingerprint density at radius 3 is 2.70 bits per heavy atom. The molecule has 2 aliphatic heterocycles. The molecule has 1 aliphatic carbocycles. The highest BCUT2D eigenvalue weighted by atomic mass is 32.2. The summed E-state index contributed by atoms with van der Waals surface area (Å²) in [7, 11) is -1.66. The summed E-state index contributed by atoms with van der Waals surface area (Å²) in [6, 6.07) is 0.0703. The second kappa shape index (κ2) is 7.52. The number of imidazole rings is 1. The molecule has 27 heavy (non-hydrogen) atoms. The Bertz CT molecular complexity index is 787. The molecule has 0 aromatic carbocycles. The number of amides is 1. The van der Waals surface area contributed by atoms with Gasteiger partial charge in [-0.15, -0.1) is 0 Å². The minimum absolute atomic E-state index is 0.00226. The van der Waals surface area contributed by atoms with E-state index in [9.17, 15) is 13.2 Å². The van der Waals surface area contributed by atoms with Crippen molar-refractivity contribution in [3.63, 3.8) is 0 Å². The Morgan fingerprint density at radius 1 is 1.22 bits per heavy atom. The molecule has 3 fully saturated rings. The molecule has 0 spiro atoms. The van der Waals surface area contributed by atoms with Gasteiger partial charge in [-0.25, -0.2) is 13.4 Å². The molecule has 4 rings (SSSR count). The number of carbonyl (C=O) groups is 1. The Labute approximate surface area is 160 Å². The topological polar surface area (TPSA) is 84.7 Å². The van der Waals surface area contributed by atoms with Crippen LogP contribution >= 0.6 is 0 Å². The molecule has 1 saturated carbocycles. The van der Waals surface area contributed by atoms with Crippen LogP contribution < -0.4 is 0 Å². The van der Waals surface area contributed by atoms with Crippen molar-refractivity contribution in [3.05, 3.63) is 18.2 Å². The maximum Gasteiger partial charge on any atom is 0.248 e. The van der Waals surface area contributed by atoms with Crippen molar-refractivity contribution in [2.45, 2.75) is 50.4 Å². The molecule has 3 heterocycles. The Kier molecular flexibility index (Phi) is 5.26. The molecular weight excluding hydrogens is 368 g/mol. The van der Waals surface area contributed by atoms with E-state index in [2.05, 4.69) is 14.5 Å². The van der Waals surface area contributed by atoms with Gasteiger partial charge >= 0.3 is 0 Å². The van der Waals surface area contributed by atoms with Gasteiger partial charge in [0.2, 0.25) is 5.91 Å². The second-order valence-corrected chi connectivity index (χ2v) is 10.1. The highest BCUT2D eigenvalue weighted by Crippen LogP contribution is 2.32. The number of hydrogen-bond acceptors (Lipinski definition) is 6. The first kappa shape index (κ1) is 18.9. The summed E-state index contributed by atoms with van der Waals surface area (Å²) in [4.78, 5) is 20.7. The van der Waals surface area contributed by atoms with Gasteiger partial charge in [-0.3, -0.25) is 9.69 Å². The van der Waals surface area contributed by atoms with Crippen LogP contribution in [0.5, 0.6) is 0 Å². The quantitative estimate of drug-likeness (QED) is 0.719. The zero-order valence-electron chi connectivity index (χ0n) is 15.8. The number of rotatable bonds is 5. The van der Waals surface area contributed by atoms with Crippen LogP contribution in [0.25, 0.3) is 0 Å². The zero-order valence-corrected chi connectivity index (χ0v) is 16.6. The van der Waals surface area contributed by atoms with Crippen molar-refractivity contribution in [1.29, 1.82) is 0 Å². The van der Waals surface area contributed by atoms with Crippen LogP contribution in [0, 0.1) is 0 Å². The number of hydrogen-bond donors (Lipinski definition) is 0. The third kappa shape index (κ3) is 3.77. The number of carbonyl (C=O) groups excluding carboxylic acids is 1. The van der Waals surface area contributed by atoms with E-state index >= 15 is 0 Å². The lowest BCUT2D eigenvalue weighted by atomic mass is 10.0. The van der Waals surface area contributed by atoms with Crippen molar-refractivity contribution in [3.8, 4) is 0 Å². The summed E-state index contributed by atoms with van der Waals surface area (Å²) in [5.41, 5.74) is 1.14. The van der Waals surface area contributed by atoms with Gasteiger partial charge in [0.05, 0.1) is 29.6 Å². The number of sulfone groups is 1. The number of fused-ring (bicyclic) bond motifs is 1. The molecule has 3 aliphatic rings. The van der Waals surface area contributed by atoms with Gasteiger partial charge in [0.25, 0.3) is 0 Å². The first-order valence-corrected chi connectivity index (χ1v) is 11.5. The minimum Gasteiger partial charge on any atom is -0.375 e. The summed E-state index contributed by atoms with van der Waals surface area (Å²) in [5.74, 6) is 0.0394. The summed E-state index contributed by atoms with van der Waals surface area (Å²) in [6.45, 7) is 1.88. The van der Waals surface area contributed by atoms with E-state index in [0.717, 1.165) is 5.69 Å². The molecule has 0 bridgehead atoms. The molecule has 8 nitrogen and oxygen atoms in total. The average Bonchev–Trinajstić information content (AvgIpc) is 3.33. The Morgan fingerprint density at radius 2 is 1.96 bits per heavy atom. The third-order valence-electron chi connectivity index (χ3n) is 6.21. The van der Waals surface area contributed by atoms with Crippen molar-refractivity contribution < 1.29 is 17.9 Å². The van der Waals surface area contributed by atoms with Gasteiger partial charge in [0, 0.05) is 45.0 Å². The van der Waals surface area contributed by atoms with E-state index in [1.165, 1.54) is 32.8 Å². The number of nitrogens with zero attached hydrogens (tertiary/aromatic N) is 4. The van der Waals surface area contributed by atoms with Crippen LogP contribution in [0.4, 0.5) is 0 Å². The second-order valence-electron chi connectivity index (χ2n) is 7.93. The van der Waals surface area contributed by atoms with E-state index in [-0.39, 0.29) is 36.1 Å². The fraction of sp³-hybridized carbons (Fsp3) is 0.778. The predicted octanol–water partition coefficient (Wildman–Crippen LogP) is 0.454. The largest absolute Gasteiger partial charge is 0.375 e. The molecule has 1 aromatic heterocycles. The molecular formula is C18H28N4O4S. The molecule has 1 amide bonds. The average molecular weight is 397 g/mol. The normalized spacial score (nSPS) is 28.6. The number of ether oxygens (including phenoxy) is 1. The van der Waals surface area contributed by atoms with Crippen molar-refractivity contribution in [2.24, 2.45) is 0 Å². The van der Waals surface area contributed by atoms with E-state index in [1.807, 2.05) is 12.5 Å². The lowest BCUT2D eigenvalue weighted by Gasteiger charge is -2.44. The molecule has 9 heteroatoms. The summed E-state index contributed by atoms with van der Waals surface area (Å²) in [5, 5.41) is 0. The SMILES string of the molecule is COCC(=O)N1CCN(Cc2cncn2C2CCCC2)[C@H]2CS(=O)(=O)C[C@H]21. The fourth-order valence-corrected chi connectivity index (χ4v) is 6.92. The number of aromatic nitrogens is 2. The van der Waals surface area contributed by atoms with Crippen LogP contribution in [0.1, 0.15) is 37.4 Å². The van der Waals surface area contributed by atoms with Gasteiger partial charge in [0.1, 0.15) is 6.61 Å². The van der Waals surface area contributed by atoms with E-state index < -0.39 is 9.84 Å². The number of methoxy groups -OCH3 is 1. The van der Waals surface area contributed by atoms with Gasteiger partial charge in [-0.05, 0) is 12.8 Å². The Hall–Kier alpha value is -1.45. The molecule has 1 aromatic rings. The van der Waals surface area contributed by atoms with Crippen molar-refractivity contribution in [1.82, 2.24) is 19.4 Å². The van der Waals surface area contributed by atoms with Crippen LogP contribution in [0.2, 0.25) is 0 Å². The smallest absolute Gasteiger partial charge is 0.248 e. The molecule has 0 unspecified atom stereocenters. The maximum atomic E-state index is 12.4. The summed E-state index contributed by atoms with van der Waals surface area (Å²) < 4.78 is 31.9. The summed E-state index contributed by atoms with van der Waals surface area (Å²) in [6.07, 6.45) is 8.69. The highest BCUT2D eigenvalue weighted by molar-refractivity contribution is 7.91. The van der Waals surface area contributed by atoms with Gasteiger partial charge in [-0.2, -0.15) is 0 Å². The van der Waals surface area contributed by atoms with Crippen molar-refractivity contribution in [2.75, 3.05) is 38.3 Å². The fourth-order valence-electron chi connectivity index (χ4n) is 4.91. The van der Waals surface area contributed by atoms with E-state index in [1.54, 1.807) is 4.90 Å². The van der Waals surface area contributed by atoms with Crippen LogP contribution in [-0.2, 0) is 25.9 Å². The van der Waals surface area contributed by atoms with Gasteiger partial charge in [0.15, 0.2) is 9.84 Å². The monoisotopic (exact) mass is 396 g/mol. The molecule has 2 atom stereocenters. The van der Waals surface area contributed by atoms with Crippen molar-refractivity contribution >= 4 is 15.7 Å². The van der Waals surface area contributed by atoms with Crippen LogP contribution in [0.3, 0.4) is 0 Å². The van der Waals surface area contributed by atoms with Gasteiger partial charge < -0.3 is 14.2 Å². The number of piperazine rings is 1. The van der Waals surface area contributed by atoms with E-state index in [4.69, 9.17) is 4.74 Å². The van der Waals surface area contributed by atoms with Gasteiger partial charge in [-0.1, -0.05) is 12.8 Å². The van der Waals surface area contributed by atoms with E-state index in [0.29, 0.717) is 25.7 Å². The highest BCUT2D eigenvalue weighted by Gasteiger charge is 2.48. The van der Waals surface area contributed by atoms with Crippen LogP contribution in [-0.4, -0.2) is 84.1 Å². The minimum atomic E-state index is -3.15. The standard InChI is InChI=1S/C18H28N4O4S/c1-26-10-18(23)21-7-6-20(16-11-27(24,25)12-17(16)21)9-15-8-19-13-22(15)14-4-2-3-5-14/h8,13-14,16-17H,2-7,9-12H2,1H3/t16-,17+/m0/s1. The molecule has 2 saturated heterocycles. The molecule has 0 radical (unpaired) electrons.